The molecule has 1 aromatic carbocycles. The summed E-state index contributed by atoms with van der Waals surface area (Å²) in [6, 6.07) is 8.38. The molecule has 2 nitrogen and oxygen atoms in total. The van der Waals surface area contributed by atoms with E-state index in [1.54, 1.807) is 0 Å². The minimum absolute atomic E-state index is 0.408. The fourth-order valence-corrected chi connectivity index (χ4v) is 2.58. The smallest absolute Gasteiger partial charge is 0.134 e. The lowest BCUT2D eigenvalue weighted by atomic mass is 10.00. The van der Waals surface area contributed by atoms with Crippen LogP contribution in [0.4, 0.5) is 0 Å². The molecule has 0 aliphatic heterocycles. The van der Waals surface area contributed by atoms with E-state index in [2.05, 4.69) is 32.2 Å². The Hall–Kier alpha value is -0.990. The third-order valence-corrected chi connectivity index (χ3v) is 3.67. The lowest BCUT2D eigenvalue weighted by molar-refractivity contribution is 0.429. The van der Waals surface area contributed by atoms with Crippen molar-refractivity contribution >= 4 is 22.6 Å². The van der Waals surface area contributed by atoms with Crippen LogP contribution in [0.1, 0.15) is 45.3 Å². The zero-order valence-electron chi connectivity index (χ0n) is 11.9. The number of fused-ring (bicyclic) bond motifs is 1. The lowest BCUT2D eigenvalue weighted by Gasteiger charge is -2.16. The molecule has 0 spiro atoms. The number of nitrogens with one attached hydrogen (secondary N) is 1. The van der Waals surface area contributed by atoms with E-state index in [1.807, 2.05) is 18.2 Å². The van der Waals surface area contributed by atoms with Crippen molar-refractivity contribution < 1.29 is 4.42 Å². The van der Waals surface area contributed by atoms with Crippen molar-refractivity contribution in [3.05, 3.63) is 35.0 Å². The summed E-state index contributed by atoms with van der Waals surface area (Å²) in [5, 5.41) is 5.35. The molecule has 2 unspecified atom stereocenters. The summed E-state index contributed by atoms with van der Waals surface area (Å²) >= 11 is 6.00. The van der Waals surface area contributed by atoms with E-state index in [0.717, 1.165) is 34.7 Å². The van der Waals surface area contributed by atoms with Crippen LogP contribution in [-0.2, 0) is 0 Å². The summed E-state index contributed by atoms with van der Waals surface area (Å²) in [7, 11) is 0. The molecule has 1 heterocycles. The zero-order valence-corrected chi connectivity index (χ0v) is 12.6. The number of benzene rings is 1. The molecule has 0 fully saturated rings. The Kier molecular flexibility index (Phi) is 4.89. The van der Waals surface area contributed by atoms with Gasteiger partial charge >= 0.3 is 0 Å². The Balaban J connectivity index is 2.06. The average Bonchev–Trinajstić information content (AvgIpc) is 2.79. The number of hydrogen-bond donors (Lipinski definition) is 1. The highest BCUT2D eigenvalue weighted by Gasteiger charge is 2.14. The van der Waals surface area contributed by atoms with E-state index in [-0.39, 0.29) is 0 Å². The van der Waals surface area contributed by atoms with Gasteiger partial charge in [-0.25, -0.2) is 0 Å². The largest absolute Gasteiger partial charge is 0.461 e. The minimum Gasteiger partial charge on any atom is -0.461 e. The van der Waals surface area contributed by atoms with Gasteiger partial charge in [-0.05, 0) is 50.6 Å². The summed E-state index contributed by atoms with van der Waals surface area (Å²) in [6.45, 7) is 7.70. The van der Waals surface area contributed by atoms with Gasteiger partial charge in [0.05, 0.1) is 0 Å². The molecule has 0 bridgehead atoms. The number of hydrogen-bond acceptors (Lipinski definition) is 2. The molecule has 3 heteroatoms. The van der Waals surface area contributed by atoms with Crippen LogP contribution in [-0.4, -0.2) is 12.6 Å². The number of furan rings is 1. The fourth-order valence-electron chi connectivity index (χ4n) is 2.40. The van der Waals surface area contributed by atoms with Crippen LogP contribution in [0.15, 0.2) is 28.7 Å². The van der Waals surface area contributed by atoms with Gasteiger partial charge in [0.1, 0.15) is 11.3 Å². The highest BCUT2D eigenvalue weighted by Crippen LogP contribution is 2.29. The van der Waals surface area contributed by atoms with Crippen molar-refractivity contribution in [1.29, 1.82) is 0 Å². The third-order valence-electron chi connectivity index (χ3n) is 3.43. The van der Waals surface area contributed by atoms with Gasteiger partial charge < -0.3 is 9.73 Å². The molecule has 0 saturated carbocycles. The van der Waals surface area contributed by atoms with E-state index in [1.165, 1.54) is 6.42 Å². The summed E-state index contributed by atoms with van der Waals surface area (Å²) in [6.07, 6.45) is 2.25. The molecule has 0 radical (unpaired) electrons. The van der Waals surface area contributed by atoms with Crippen LogP contribution in [0.5, 0.6) is 0 Å². The second-order valence-corrected chi connectivity index (χ2v) is 5.76. The van der Waals surface area contributed by atoms with E-state index in [9.17, 15) is 0 Å². The second-order valence-electron chi connectivity index (χ2n) is 5.32. The van der Waals surface area contributed by atoms with Crippen LogP contribution in [0, 0.1) is 0 Å². The summed E-state index contributed by atoms with van der Waals surface area (Å²) < 4.78 is 5.90. The van der Waals surface area contributed by atoms with E-state index < -0.39 is 0 Å². The molecular formula is C16H22ClNO. The quantitative estimate of drug-likeness (QED) is 0.808. The van der Waals surface area contributed by atoms with Crippen molar-refractivity contribution in [3.8, 4) is 0 Å². The highest BCUT2D eigenvalue weighted by atomic mass is 35.5. The van der Waals surface area contributed by atoms with Crippen LogP contribution >= 0.6 is 11.6 Å². The monoisotopic (exact) mass is 279 g/mol. The average molecular weight is 280 g/mol. The molecule has 1 N–H and O–H groups in total. The van der Waals surface area contributed by atoms with Gasteiger partial charge in [0.25, 0.3) is 0 Å². The molecule has 0 saturated heterocycles. The molecular weight excluding hydrogens is 258 g/mol. The SMILES string of the molecule is CCCNC(C)CC(C)c1cc2cc(Cl)ccc2o1. The van der Waals surface area contributed by atoms with Crippen LogP contribution in [0.2, 0.25) is 5.02 Å². The molecule has 2 rings (SSSR count). The van der Waals surface area contributed by atoms with Gasteiger partial charge in [0, 0.05) is 22.4 Å². The highest BCUT2D eigenvalue weighted by molar-refractivity contribution is 6.31. The predicted octanol–water partition coefficient (Wildman–Crippen LogP) is 4.97. The van der Waals surface area contributed by atoms with Gasteiger partial charge in [-0.1, -0.05) is 25.4 Å². The van der Waals surface area contributed by atoms with Gasteiger partial charge in [-0.3, -0.25) is 0 Å². The van der Waals surface area contributed by atoms with Crippen LogP contribution < -0.4 is 5.32 Å². The molecule has 19 heavy (non-hydrogen) atoms. The topological polar surface area (TPSA) is 25.2 Å². The van der Waals surface area contributed by atoms with E-state index >= 15 is 0 Å². The first kappa shape index (κ1) is 14.4. The summed E-state index contributed by atoms with van der Waals surface area (Å²) in [5.41, 5.74) is 0.917. The molecule has 2 atom stereocenters. The Morgan fingerprint density at radius 1 is 1.26 bits per heavy atom. The Labute approximate surface area is 120 Å². The van der Waals surface area contributed by atoms with Crippen LogP contribution in [0.3, 0.4) is 0 Å². The van der Waals surface area contributed by atoms with Gasteiger partial charge in [0.15, 0.2) is 0 Å². The van der Waals surface area contributed by atoms with Crippen molar-refractivity contribution in [1.82, 2.24) is 5.32 Å². The van der Waals surface area contributed by atoms with Gasteiger partial charge in [-0.2, -0.15) is 0 Å². The minimum atomic E-state index is 0.408. The first-order valence-corrected chi connectivity index (χ1v) is 7.40. The second kappa shape index (κ2) is 6.44. The first-order chi connectivity index (χ1) is 9.10. The Morgan fingerprint density at radius 3 is 2.79 bits per heavy atom. The maximum Gasteiger partial charge on any atom is 0.134 e. The Bertz CT molecular complexity index is 535. The number of rotatable bonds is 6. The predicted molar refractivity (Wildman–Crippen MR) is 82.0 cm³/mol. The molecule has 0 aliphatic carbocycles. The third kappa shape index (κ3) is 3.74. The molecule has 1 aromatic heterocycles. The molecule has 2 aromatic rings. The zero-order chi connectivity index (χ0) is 13.8. The van der Waals surface area contributed by atoms with Crippen molar-refractivity contribution in [2.24, 2.45) is 0 Å². The summed E-state index contributed by atoms with van der Waals surface area (Å²) in [4.78, 5) is 0. The van der Waals surface area contributed by atoms with Gasteiger partial charge in [-0.15, -0.1) is 0 Å². The maximum atomic E-state index is 6.00. The maximum absolute atomic E-state index is 6.00. The van der Waals surface area contributed by atoms with E-state index in [0.29, 0.717) is 12.0 Å². The first-order valence-electron chi connectivity index (χ1n) is 7.02. The summed E-state index contributed by atoms with van der Waals surface area (Å²) in [5.74, 6) is 1.45. The fraction of sp³-hybridized carbons (Fsp3) is 0.500. The van der Waals surface area contributed by atoms with Crippen LogP contribution in [0.25, 0.3) is 11.0 Å². The normalized spacial score (nSPS) is 14.7. The standard InChI is InChI=1S/C16H22ClNO/c1-4-7-18-12(3)8-11(2)16-10-13-9-14(17)5-6-15(13)19-16/h5-6,9-12,18H,4,7-8H2,1-3H3. The number of halogens is 1. The van der Waals surface area contributed by atoms with Gasteiger partial charge in [0.2, 0.25) is 0 Å². The molecule has 0 aliphatic rings. The van der Waals surface area contributed by atoms with E-state index in [4.69, 9.17) is 16.0 Å². The Morgan fingerprint density at radius 2 is 2.05 bits per heavy atom. The van der Waals surface area contributed by atoms with Crippen molar-refractivity contribution in [3.63, 3.8) is 0 Å². The molecule has 104 valence electrons. The molecule has 0 amide bonds. The lowest BCUT2D eigenvalue weighted by Crippen LogP contribution is -2.27. The van der Waals surface area contributed by atoms with Crippen molar-refractivity contribution in [2.45, 2.75) is 45.6 Å². The van der Waals surface area contributed by atoms with Crippen molar-refractivity contribution in [2.75, 3.05) is 6.54 Å².